The largest absolute Gasteiger partial charge is 0.504 e. The van der Waals surface area contributed by atoms with Crippen LogP contribution in [-0.4, -0.2) is 18.1 Å². The summed E-state index contributed by atoms with van der Waals surface area (Å²) in [6.07, 6.45) is 0.290. The van der Waals surface area contributed by atoms with Gasteiger partial charge in [0.2, 0.25) is 5.91 Å². The number of benzene rings is 2. The molecule has 1 aliphatic rings. The molecule has 0 spiro atoms. The highest BCUT2D eigenvalue weighted by molar-refractivity contribution is 7.11. The second-order valence-corrected chi connectivity index (χ2v) is 7.02. The summed E-state index contributed by atoms with van der Waals surface area (Å²) in [5, 5.41) is 14.6. The number of carbonyl (C=O) groups excluding carboxylic acids is 1. The van der Waals surface area contributed by atoms with Gasteiger partial charge in [0.15, 0.2) is 11.5 Å². The average Bonchev–Trinajstić information content (AvgIpc) is 3.05. The zero-order chi connectivity index (χ0) is 18.3. The number of nitrogens with one attached hydrogen (secondary N) is 1. The minimum atomic E-state index is -0.323. The van der Waals surface area contributed by atoms with E-state index in [2.05, 4.69) is 5.32 Å². The van der Waals surface area contributed by atoms with Gasteiger partial charge in [0, 0.05) is 33.7 Å². The lowest BCUT2D eigenvalue weighted by molar-refractivity contribution is -0.116. The molecule has 0 saturated carbocycles. The third-order valence-electron chi connectivity index (χ3n) is 4.56. The Bertz CT molecular complexity index is 998. The molecule has 3 aromatic rings. The van der Waals surface area contributed by atoms with Gasteiger partial charge in [0.1, 0.15) is 5.82 Å². The Morgan fingerprint density at radius 3 is 2.81 bits per heavy atom. The maximum Gasteiger partial charge on any atom is 0.225 e. The van der Waals surface area contributed by atoms with E-state index in [0.717, 1.165) is 10.4 Å². The highest BCUT2D eigenvalue weighted by Gasteiger charge is 2.31. The van der Waals surface area contributed by atoms with Crippen molar-refractivity contribution in [2.75, 3.05) is 12.4 Å². The van der Waals surface area contributed by atoms with E-state index in [-0.39, 0.29) is 29.8 Å². The fraction of sp³-hybridized carbons (Fsp3) is 0.150. The van der Waals surface area contributed by atoms with Crippen molar-refractivity contribution in [1.82, 2.24) is 0 Å². The summed E-state index contributed by atoms with van der Waals surface area (Å²) >= 11 is 1.49. The summed E-state index contributed by atoms with van der Waals surface area (Å²) in [6, 6.07) is 11.6. The van der Waals surface area contributed by atoms with Crippen LogP contribution in [0.25, 0.3) is 11.1 Å². The van der Waals surface area contributed by atoms with Gasteiger partial charge in [-0.05, 0) is 23.8 Å². The maximum atomic E-state index is 14.2. The molecule has 6 heteroatoms. The van der Waals surface area contributed by atoms with Crippen LogP contribution in [0.3, 0.4) is 0 Å². The lowest BCUT2D eigenvalue weighted by Gasteiger charge is -2.24. The SMILES string of the molecule is COc1cc(C2CC(=O)Nc3c(-c4ccccc4F)csc32)ccc1O. The molecular formula is C20H16FNO3S. The Labute approximate surface area is 153 Å². The lowest BCUT2D eigenvalue weighted by atomic mass is 9.89. The fourth-order valence-corrected chi connectivity index (χ4v) is 4.44. The van der Waals surface area contributed by atoms with Crippen molar-refractivity contribution in [2.24, 2.45) is 0 Å². The second-order valence-electron chi connectivity index (χ2n) is 6.10. The van der Waals surface area contributed by atoms with Crippen molar-refractivity contribution in [2.45, 2.75) is 12.3 Å². The van der Waals surface area contributed by atoms with Crippen molar-refractivity contribution in [3.8, 4) is 22.6 Å². The molecule has 2 N–H and O–H groups in total. The van der Waals surface area contributed by atoms with Gasteiger partial charge in [0.05, 0.1) is 12.8 Å². The molecule has 0 saturated heterocycles. The van der Waals surface area contributed by atoms with Crippen molar-refractivity contribution >= 4 is 22.9 Å². The molecule has 2 aromatic carbocycles. The summed E-state index contributed by atoms with van der Waals surface area (Å²) < 4.78 is 19.4. The van der Waals surface area contributed by atoms with E-state index in [1.807, 2.05) is 5.38 Å². The first-order valence-corrected chi connectivity index (χ1v) is 8.99. The number of phenols is 1. The smallest absolute Gasteiger partial charge is 0.225 e. The number of thiophene rings is 1. The normalized spacial score (nSPS) is 16.1. The molecule has 1 aliphatic heterocycles. The molecular weight excluding hydrogens is 353 g/mol. The highest BCUT2D eigenvalue weighted by Crippen LogP contribution is 2.47. The Hall–Kier alpha value is -2.86. The Morgan fingerprint density at radius 1 is 1.23 bits per heavy atom. The van der Waals surface area contributed by atoms with Crippen molar-refractivity contribution in [3.63, 3.8) is 0 Å². The molecule has 0 bridgehead atoms. The minimum Gasteiger partial charge on any atom is -0.504 e. The van der Waals surface area contributed by atoms with Crippen LogP contribution < -0.4 is 10.1 Å². The fourth-order valence-electron chi connectivity index (χ4n) is 3.28. The van der Waals surface area contributed by atoms with Gasteiger partial charge in [-0.3, -0.25) is 4.79 Å². The first kappa shape index (κ1) is 16.6. The van der Waals surface area contributed by atoms with E-state index in [0.29, 0.717) is 22.6 Å². The van der Waals surface area contributed by atoms with Gasteiger partial charge in [-0.1, -0.05) is 24.3 Å². The van der Waals surface area contributed by atoms with E-state index in [1.54, 1.807) is 36.4 Å². The molecule has 1 aromatic heterocycles. The molecule has 1 unspecified atom stereocenters. The first-order valence-electron chi connectivity index (χ1n) is 8.11. The topological polar surface area (TPSA) is 58.6 Å². The molecule has 4 rings (SSSR count). The number of halogens is 1. The molecule has 26 heavy (non-hydrogen) atoms. The molecule has 1 amide bonds. The zero-order valence-electron chi connectivity index (χ0n) is 14.0. The predicted octanol–water partition coefficient (Wildman–Crippen LogP) is 4.74. The lowest BCUT2D eigenvalue weighted by Crippen LogP contribution is -2.22. The summed E-state index contributed by atoms with van der Waals surface area (Å²) in [7, 11) is 1.49. The number of ether oxygens (including phenoxy) is 1. The number of carbonyl (C=O) groups is 1. The molecule has 0 fully saturated rings. The first-order chi connectivity index (χ1) is 12.6. The maximum absolute atomic E-state index is 14.2. The number of anilines is 1. The van der Waals surface area contributed by atoms with Gasteiger partial charge in [-0.2, -0.15) is 0 Å². The molecule has 1 atom stereocenters. The van der Waals surface area contributed by atoms with Crippen LogP contribution in [0.4, 0.5) is 10.1 Å². The minimum absolute atomic E-state index is 0.0509. The summed E-state index contributed by atoms with van der Waals surface area (Å²) in [5.41, 5.74) is 2.69. The number of rotatable bonds is 3. The second kappa shape index (κ2) is 6.46. The number of phenolic OH excluding ortho intramolecular Hbond substituents is 1. The van der Waals surface area contributed by atoms with E-state index >= 15 is 0 Å². The van der Waals surface area contributed by atoms with Gasteiger partial charge in [0.25, 0.3) is 0 Å². The Balaban J connectivity index is 1.83. The van der Waals surface area contributed by atoms with Crippen molar-refractivity contribution in [1.29, 1.82) is 0 Å². The number of fused-ring (bicyclic) bond motifs is 1. The average molecular weight is 369 g/mol. The number of aromatic hydroxyl groups is 1. The summed E-state index contributed by atoms with van der Waals surface area (Å²) in [4.78, 5) is 13.3. The van der Waals surface area contributed by atoms with Crippen LogP contribution in [0.1, 0.15) is 22.8 Å². The van der Waals surface area contributed by atoms with E-state index in [1.165, 1.54) is 24.5 Å². The van der Waals surface area contributed by atoms with Crippen molar-refractivity contribution < 1.29 is 19.0 Å². The third kappa shape index (κ3) is 2.72. The van der Waals surface area contributed by atoms with Crippen LogP contribution >= 0.6 is 11.3 Å². The number of methoxy groups -OCH3 is 1. The quantitative estimate of drug-likeness (QED) is 0.701. The van der Waals surface area contributed by atoms with Gasteiger partial charge >= 0.3 is 0 Å². The van der Waals surface area contributed by atoms with Crippen LogP contribution in [0.5, 0.6) is 11.5 Å². The van der Waals surface area contributed by atoms with Gasteiger partial charge < -0.3 is 15.2 Å². The third-order valence-corrected chi connectivity index (χ3v) is 5.66. The highest BCUT2D eigenvalue weighted by atomic mass is 32.1. The number of hydrogen-bond donors (Lipinski definition) is 2. The van der Waals surface area contributed by atoms with E-state index < -0.39 is 0 Å². The van der Waals surface area contributed by atoms with Gasteiger partial charge in [-0.15, -0.1) is 11.3 Å². The van der Waals surface area contributed by atoms with Crippen LogP contribution in [0.2, 0.25) is 0 Å². The summed E-state index contributed by atoms with van der Waals surface area (Å²) in [6.45, 7) is 0. The standard InChI is InChI=1S/C20H16FNO3S/c1-25-17-8-11(6-7-16(17)23)13-9-18(24)22-19-14(10-26-20(13)19)12-4-2-3-5-15(12)21/h2-8,10,13,23H,9H2,1H3,(H,22,24). The Kier molecular flexibility index (Phi) is 4.12. The van der Waals surface area contributed by atoms with Crippen molar-refractivity contribution in [3.05, 3.63) is 64.1 Å². The van der Waals surface area contributed by atoms with Gasteiger partial charge in [-0.25, -0.2) is 4.39 Å². The molecule has 132 valence electrons. The van der Waals surface area contributed by atoms with E-state index in [4.69, 9.17) is 4.74 Å². The predicted molar refractivity (Wildman–Crippen MR) is 99.5 cm³/mol. The summed E-state index contributed by atoms with van der Waals surface area (Å²) in [5.74, 6) is -0.198. The molecule has 0 aliphatic carbocycles. The number of amides is 1. The molecule has 0 radical (unpaired) electrons. The Morgan fingerprint density at radius 2 is 2.04 bits per heavy atom. The van der Waals surface area contributed by atoms with Crippen LogP contribution in [-0.2, 0) is 4.79 Å². The van der Waals surface area contributed by atoms with Crippen LogP contribution in [0, 0.1) is 5.82 Å². The molecule has 4 nitrogen and oxygen atoms in total. The number of hydrogen-bond acceptors (Lipinski definition) is 4. The van der Waals surface area contributed by atoms with Crippen LogP contribution in [0.15, 0.2) is 47.8 Å². The van der Waals surface area contributed by atoms with E-state index in [9.17, 15) is 14.3 Å². The monoisotopic (exact) mass is 369 g/mol. The zero-order valence-corrected chi connectivity index (χ0v) is 14.8. The molecule has 2 heterocycles.